The van der Waals surface area contributed by atoms with Crippen molar-refractivity contribution in [1.29, 1.82) is 0 Å². The van der Waals surface area contributed by atoms with E-state index in [0.717, 1.165) is 89.9 Å². The minimum absolute atomic E-state index is 0.116. The second-order valence-corrected chi connectivity index (χ2v) is 18.8. The zero-order valence-corrected chi connectivity index (χ0v) is 47.0. The molecule has 74 heavy (non-hydrogen) atoms. The van der Waals surface area contributed by atoms with Crippen molar-refractivity contribution in [3.05, 3.63) is 170 Å². The molecular weight excluding hydrogens is 913 g/mol. The van der Waals surface area contributed by atoms with Crippen molar-refractivity contribution in [3.8, 4) is 0 Å². The van der Waals surface area contributed by atoms with E-state index in [0.29, 0.717) is 25.7 Å². The Morgan fingerprint density at radius 3 is 0.905 bits per heavy atom. The van der Waals surface area contributed by atoms with Gasteiger partial charge >= 0.3 is 17.9 Å². The first kappa shape index (κ1) is 68.8. The van der Waals surface area contributed by atoms with Gasteiger partial charge in [0.2, 0.25) is 0 Å². The van der Waals surface area contributed by atoms with Crippen molar-refractivity contribution in [1.82, 2.24) is 0 Å². The van der Waals surface area contributed by atoms with Crippen LogP contribution in [-0.2, 0) is 28.6 Å². The standard InChI is InChI=1S/C68H104O6/c1-4-7-10-13-16-19-22-25-28-31-34-37-40-43-46-49-52-55-58-61-67(70)73-64-65(63-72-66(69)60-57-54-51-48-45-42-39-36-33-30-27-24-21-18-15-12-9-6-3)74-68(71)62-59-56-53-50-47-44-41-38-35-32-29-26-23-20-17-14-11-8-5-2/h7,10,12-13,15-28,30-31,33-34,36-37,39-40,43,46,65H,4-6,8-9,11,14,29,32,35,38,41-42,44-45,47-64H2,1-3H3/b10-7-,15-12-,16-13-,20-17-,21-18-,22-19-,26-23-,27-24-,28-25-,33-30-,34-31+,39-36-,40-37-,46-43-. The van der Waals surface area contributed by atoms with Crippen LogP contribution in [0, 0.1) is 0 Å². The molecule has 0 aliphatic carbocycles. The Kier molecular flexibility index (Phi) is 56.1. The van der Waals surface area contributed by atoms with Crippen LogP contribution in [-0.4, -0.2) is 37.2 Å². The molecule has 0 N–H and O–H groups in total. The van der Waals surface area contributed by atoms with E-state index in [-0.39, 0.29) is 31.1 Å². The molecular formula is C68H104O6. The van der Waals surface area contributed by atoms with Gasteiger partial charge in [0, 0.05) is 19.3 Å². The zero-order valence-electron chi connectivity index (χ0n) is 47.0. The molecule has 0 aromatic heterocycles. The predicted octanol–water partition coefficient (Wildman–Crippen LogP) is 19.9. The van der Waals surface area contributed by atoms with Gasteiger partial charge in [-0.25, -0.2) is 0 Å². The Hall–Kier alpha value is -5.23. The largest absolute Gasteiger partial charge is 0.462 e. The first-order valence-corrected chi connectivity index (χ1v) is 29.3. The summed E-state index contributed by atoms with van der Waals surface area (Å²) in [6.45, 7) is 6.30. The molecule has 0 fully saturated rings. The highest BCUT2D eigenvalue weighted by molar-refractivity contribution is 5.71. The van der Waals surface area contributed by atoms with Crippen molar-refractivity contribution in [2.75, 3.05) is 13.2 Å². The average Bonchev–Trinajstić information content (AvgIpc) is 3.40. The van der Waals surface area contributed by atoms with Crippen LogP contribution < -0.4 is 0 Å². The third-order valence-corrected chi connectivity index (χ3v) is 11.8. The van der Waals surface area contributed by atoms with E-state index in [1.54, 1.807) is 0 Å². The maximum atomic E-state index is 12.9. The van der Waals surface area contributed by atoms with E-state index in [9.17, 15) is 14.4 Å². The van der Waals surface area contributed by atoms with Gasteiger partial charge < -0.3 is 14.2 Å². The van der Waals surface area contributed by atoms with Crippen LogP contribution in [0.5, 0.6) is 0 Å². The summed E-state index contributed by atoms with van der Waals surface area (Å²) in [6, 6.07) is 0. The second-order valence-electron chi connectivity index (χ2n) is 18.8. The van der Waals surface area contributed by atoms with Crippen molar-refractivity contribution in [2.45, 2.75) is 226 Å². The summed E-state index contributed by atoms with van der Waals surface area (Å²) in [5.41, 5.74) is 0. The van der Waals surface area contributed by atoms with Crippen molar-refractivity contribution < 1.29 is 28.6 Å². The number of ether oxygens (including phenoxy) is 3. The van der Waals surface area contributed by atoms with Gasteiger partial charge in [-0.05, 0) is 83.5 Å². The summed E-state index contributed by atoms with van der Waals surface area (Å²) in [4.78, 5) is 38.2. The molecule has 0 aromatic carbocycles. The van der Waals surface area contributed by atoms with Gasteiger partial charge in [0.15, 0.2) is 6.10 Å². The Bertz CT molecular complexity index is 1740. The molecule has 0 amide bonds. The minimum Gasteiger partial charge on any atom is -0.462 e. The molecule has 0 rings (SSSR count). The van der Waals surface area contributed by atoms with Crippen LogP contribution in [0.15, 0.2) is 170 Å². The quantitative estimate of drug-likeness (QED) is 0.0261. The lowest BCUT2D eigenvalue weighted by Gasteiger charge is -2.18. The lowest BCUT2D eigenvalue weighted by Crippen LogP contribution is -2.30. The molecule has 1 unspecified atom stereocenters. The fourth-order valence-electron chi connectivity index (χ4n) is 7.39. The summed E-state index contributed by atoms with van der Waals surface area (Å²) in [5.74, 6) is -0.996. The third kappa shape index (κ3) is 57.7. The Balaban J connectivity index is 4.59. The van der Waals surface area contributed by atoms with Gasteiger partial charge in [-0.1, -0.05) is 287 Å². The van der Waals surface area contributed by atoms with E-state index >= 15 is 0 Å². The zero-order chi connectivity index (χ0) is 53.6. The Labute approximate surface area is 453 Å². The van der Waals surface area contributed by atoms with Crippen LogP contribution in [0.2, 0.25) is 0 Å². The van der Waals surface area contributed by atoms with Crippen LogP contribution in [0.1, 0.15) is 220 Å². The minimum atomic E-state index is -0.821. The monoisotopic (exact) mass is 1020 g/mol. The van der Waals surface area contributed by atoms with Gasteiger partial charge in [-0.15, -0.1) is 0 Å². The number of hydrogen-bond donors (Lipinski definition) is 0. The smallest absolute Gasteiger partial charge is 0.306 e. The van der Waals surface area contributed by atoms with Gasteiger partial charge in [0.25, 0.3) is 0 Å². The molecule has 0 aromatic rings. The number of unbranched alkanes of at least 4 members (excludes halogenated alkanes) is 22. The summed E-state index contributed by atoms with van der Waals surface area (Å²) < 4.78 is 16.8. The topological polar surface area (TPSA) is 78.9 Å². The highest BCUT2D eigenvalue weighted by Gasteiger charge is 2.19. The van der Waals surface area contributed by atoms with Crippen LogP contribution >= 0.6 is 0 Å². The molecule has 0 bridgehead atoms. The van der Waals surface area contributed by atoms with E-state index < -0.39 is 6.10 Å². The number of carbonyl (C=O) groups is 3. The third-order valence-electron chi connectivity index (χ3n) is 11.8. The molecule has 6 heteroatoms. The number of esters is 3. The summed E-state index contributed by atoms with van der Waals surface area (Å²) in [6.07, 6.45) is 88.9. The molecule has 1 atom stereocenters. The summed E-state index contributed by atoms with van der Waals surface area (Å²) in [7, 11) is 0. The molecule has 0 radical (unpaired) electrons. The number of carbonyl (C=O) groups excluding carboxylic acids is 3. The average molecular weight is 1020 g/mol. The molecule has 0 aliphatic rings. The highest BCUT2D eigenvalue weighted by atomic mass is 16.6. The fourth-order valence-corrected chi connectivity index (χ4v) is 7.39. The second kappa shape index (κ2) is 60.3. The normalized spacial score (nSPS) is 13.4. The van der Waals surface area contributed by atoms with Crippen molar-refractivity contribution >= 4 is 17.9 Å². The van der Waals surface area contributed by atoms with Gasteiger partial charge in [-0.2, -0.15) is 0 Å². The molecule has 0 spiro atoms. The molecule has 0 saturated carbocycles. The molecule has 0 aliphatic heterocycles. The van der Waals surface area contributed by atoms with Gasteiger partial charge in [0.05, 0.1) is 0 Å². The van der Waals surface area contributed by atoms with Crippen molar-refractivity contribution in [3.63, 3.8) is 0 Å². The SMILES string of the molecule is CC\C=C/C=C\C=C/C=C\C=C\C=C/C=C\CCCCCC(=O)OCC(COC(=O)CCCCCCC\C=C/C=C\C=C/C=C\C=C/CCC)OC(=O)CCCCCCCCCCCC/C=C\C=C/CCCCC. The summed E-state index contributed by atoms with van der Waals surface area (Å²) in [5, 5.41) is 0. The molecule has 6 nitrogen and oxygen atoms in total. The molecule has 0 saturated heterocycles. The number of rotatable bonds is 50. The Morgan fingerprint density at radius 1 is 0.284 bits per heavy atom. The maximum absolute atomic E-state index is 12.9. The molecule has 0 heterocycles. The van der Waals surface area contributed by atoms with E-state index in [1.165, 1.54) is 83.5 Å². The van der Waals surface area contributed by atoms with E-state index in [4.69, 9.17) is 14.2 Å². The van der Waals surface area contributed by atoms with Crippen LogP contribution in [0.3, 0.4) is 0 Å². The maximum Gasteiger partial charge on any atom is 0.306 e. The molecule has 412 valence electrons. The summed E-state index contributed by atoms with van der Waals surface area (Å²) >= 11 is 0. The predicted molar refractivity (Wildman–Crippen MR) is 320 cm³/mol. The van der Waals surface area contributed by atoms with Crippen molar-refractivity contribution in [2.24, 2.45) is 0 Å². The van der Waals surface area contributed by atoms with E-state index in [1.807, 2.05) is 103 Å². The first-order chi connectivity index (χ1) is 36.5. The fraction of sp³-hybridized carbons (Fsp3) is 0.544. The lowest BCUT2D eigenvalue weighted by atomic mass is 10.1. The van der Waals surface area contributed by atoms with Gasteiger partial charge in [0.1, 0.15) is 13.2 Å². The van der Waals surface area contributed by atoms with Gasteiger partial charge in [-0.3, -0.25) is 14.4 Å². The Morgan fingerprint density at radius 2 is 0.554 bits per heavy atom. The van der Waals surface area contributed by atoms with Crippen LogP contribution in [0.25, 0.3) is 0 Å². The number of allylic oxidation sites excluding steroid dienone is 28. The number of hydrogen-bond acceptors (Lipinski definition) is 6. The highest BCUT2D eigenvalue weighted by Crippen LogP contribution is 2.14. The van der Waals surface area contributed by atoms with E-state index in [2.05, 4.69) is 87.6 Å². The lowest BCUT2D eigenvalue weighted by molar-refractivity contribution is -0.167. The van der Waals surface area contributed by atoms with Crippen LogP contribution in [0.4, 0.5) is 0 Å². The first-order valence-electron chi connectivity index (χ1n) is 29.3.